The lowest BCUT2D eigenvalue weighted by Crippen LogP contribution is -2.37. The van der Waals surface area contributed by atoms with E-state index in [1.54, 1.807) is 32.0 Å². The van der Waals surface area contributed by atoms with Crippen LogP contribution in [0.3, 0.4) is 0 Å². The topological polar surface area (TPSA) is 81.7 Å². The van der Waals surface area contributed by atoms with E-state index in [1.807, 2.05) is 0 Å². The highest BCUT2D eigenvalue weighted by Gasteiger charge is 2.20. The lowest BCUT2D eigenvalue weighted by Gasteiger charge is -2.19. The Labute approximate surface area is 156 Å². The highest BCUT2D eigenvalue weighted by Crippen LogP contribution is 2.26. The fourth-order valence-corrected chi connectivity index (χ4v) is 2.43. The summed E-state index contributed by atoms with van der Waals surface area (Å²) in [5.41, 5.74) is 0.681. The van der Waals surface area contributed by atoms with Gasteiger partial charge in [0.2, 0.25) is 0 Å². The van der Waals surface area contributed by atoms with E-state index in [0.29, 0.717) is 15.6 Å². The van der Waals surface area contributed by atoms with Crippen molar-refractivity contribution in [2.75, 3.05) is 6.61 Å². The molecule has 0 saturated heterocycles. The molecule has 0 aromatic heterocycles. The van der Waals surface area contributed by atoms with Gasteiger partial charge in [0.05, 0.1) is 12.6 Å². The molecule has 0 heterocycles. The third-order valence-corrected chi connectivity index (χ3v) is 3.65. The largest absolute Gasteiger partial charge is 0.463 e. The van der Waals surface area contributed by atoms with Gasteiger partial charge in [0, 0.05) is 22.2 Å². The van der Waals surface area contributed by atoms with Gasteiger partial charge in [-0.05, 0) is 38.5 Å². The first-order valence-corrected chi connectivity index (χ1v) is 8.31. The van der Waals surface area contributed by atoms with Gasteiger partial charge in [-0.2, -0.15) is 0 Å². The number of hydrogen-bond donors (Lipinski definition) is 1. The first-order chi connectivity index (χ1) is 11.7. The Balaban J connectivity index is 2.58. The maximum atomic E-state index is 12.1. The van der Waals surface area contributed by atoms with Crippen LogP contribution in [0.2, 0.25) is 10.0 Å². The molecule has 1 aromatic rings. The van der Waals surface area contributed by atoms with Crippen LogP contribution in [0, 0.1) is 0 Å². The normalized spacial score (nSPS) is 13.2. The van der Waals surface area contributed by atoms with Crippen molar-refractivity contribution in [1.82, 2.24) is 5.32 Å². The van der Waals surface area contributed by atoms with Crippen molar-refractivity contribution in [3.05, 3.63) is 46.0 Å². The van der Waals surface area contributed by atoms with Crippen LogP contribution in [-0.2, 0) is 23.9 Å². The van der Waals surface area contributed by atoms with Gasteiger partial charge in [0.25, 0.3) is 5.91 Å². The van der Waals surface area contributed by atoms with E-state index in [2.05, 4.69) is 10.1 Å². The Morgan fingerprint density at radius 1 is 1.16 bits per heavy atom. The fourth-order valence-electron chi connectivity index (χ4n) is 1.85. The number of nitrogens with one attached hydrogen (secondary N) is 1. The minimum absolute atomic E-state index is 0.197. The van der Waals surface area contributed by atoms with Gasteiger partial charge in [0.15, 0.2) is 6.10 Å². The molecule has 8 heteroatoms. The number of carbonyl (C=O) groups excluding carboxylic acids is 3. The Bertz CT molecular complexity index is 675. The third kappa shape index (κ3) is 7.15. The van der Waals surface area contributed by atoms with Crippen molar-refractivity contribution in [3.8, 4) is 0 Å². The zero-order valence-corrected chi connectivity index (χ0v) is 15.6. The summed E-state index contributed by atoms with van der Waals surface area (Å²) < 4.78 is 9.56. The summed E-state index contributed by atoms with van der Waals surface area (Å²) in [5, 5.41) is 3.60. The molecule has 136 valence electrons. The minimum Gasteiger partial charge on any atom is -0.463 e. The van der Waals surface area contributed by atoms with Gasteiger partial charge in [-0.15, -0.1) is 0 Å². The molecule has 0 aliphatic heterocycles. The van der Waals surface area contributed by atoms with Crippen LogP contribution in [0.1, 0.15) is 32.4 Å². The van der Waals surface area contributed by atoms with Gasteiger partial charge < -0.3 is 14.8 Å². The summed E-state index contributed by atoms with van der Waals surface area (Å²) >= 11 is 11.9. The van der Waals surface area contributed by atoms with Crippen LogP contribution in [0.25, 0.3) is 0 Å². The lowest BCUT2D eigenvalue weighted by molar-refractivity contribution is -0.150. The molecule has 0 bridgehead atoms. The molecule has 6 nitrogen and oxygen atoms in total. The van der Waals surface area contributed by atoms with Crippen LogP contribution >= 0.6 is 23.2 Å². The van der Waals surface area contributed by atoms with E-state index < -0.39 is 30.0 Å². The van der Waals surface area contributed by atoms with Crippen molar-refractivity contribution in [2.24, 2.45) is 0 Å². The lowest BCUT2D eigenvalue weighted by atomic mass is 10.1. The van der Waals surface area contributed by atoms with Gasteiger partial charge >= 0.3 is 11.9 Å². The molecule has 0 fully saturated rings. The average Bonchev–Trinajstić information content (AvgIpc) is 2.52. The van der Waals surface area contributed by atoms with Crippen LogP contribution < -0.4 is 5.32 Å². The van der Waals surface area contributed by atoms with E-state index in [1.165, 1.54) is 6.92 Å². The van der Waals surface area contributed by atoms with Crippen molar-refractivity contribution >= 4 is 41.0 Å². The van der Waals surface area contributed by atoms with Gasteiger partial charge in [-0.3, -0.25) is 4.79 Å². The molecule has 1 rings (SSSR count). The molecule has 0 saturated carbocycles. The summed E-state index contributed by atoms with van der Waals surface area (Å²) in [5.74, 6) is -1.99. The van der Waals surface area contributed by atoms with Crippen molar-refractivity contribution in [1.29, 1.82) is 0 Å². The zero-order chi connectivity index (χ0) is 19.0. The first-order valence-electron chi connectivity index (χ1n) is 7.55. The van der Waals surface area contributed by atoms with Crippen LogP contribution in [0.5, 0.6) is 0 Å². The van der Waals surface area contributed by atoms with Gasteiger partial charge in [0.1, 0.15) is 0 Å². The molecule has 1 aromatic carbocycles. The standard InChI is InChI=1S/C17H19Cl2NO5/c1-4-24-15(21)7-8-16(22)25-11(3)17(23)20-10(2)13-6-5-12(18)9-14(13)19/h5-11H,4H2,1-3H3,(H,20,23)/b8-7+/t10-,11+/m0/s1. The van der Waals surface area contributed by atoms with Crippen LogP contribution in [0.4, 0.5) is 0 Å². The number of benzene rings is 1. The average molecular weight is 388 g/mol. The highest BCUT2D eigenvalue weighted by atomic mass is 35.5. The summed E-state index contributed by atoms with van der Waals surface area (Å²) in [6.07, 6.45) is 0.793. The van der Waals surface area contributed by atoms with Crippen LogP contribution in [-0.4, -0.2) is 30.6 Å². The van der Waals surface area contributed by atoms with Gasteiger partial charge in [-0.1, -0.05) is 29.3 Å². The molecule has 0 radical (unpaired) electrons. The molecule has 0 unspecified atom stereocenters. The monoisotopic (exact) mass is 387 g/mol. The summed E-state index contributed by atoms with van der Waals surface area (Å²) in [6.45, 7) is 5.00. The number of amides is 1. The SMILES string of the molecule is CCOC(=O)/C=C/C(=O)O[C@H](C)C(=O)N[C@@H](C)c1ccc(Cl)cc1Cl. The maximum Gasteiger partial charge on any atom is 0.331 e. The fraction of sp³-hybridized carbons (Fsp3) is 0.353. The molecule has 1 amide bonds. The maximum absolute atomic E-state index is 12.1. The predicted octanol–water partition coefficient (Wildman–Crippen LogP) is 3.22. The Kier molecular flexibility index (Phi) is 8.45. The Hall–Kier alpha value is -2.05. The predicted molar refractivity (Wildman–Crippen MR) is 94.3 cm³/mol. The summed E-state index contributed by atoms with van der Waals surface area (Å²) in [4.78, 5) is 34.8. The molecular formula is C17H19Cl2NO5. The minimum atomic E-state index is -1.05. The molecular weight excluding hydrogens is 369 g/mol. The van der Waals surface area contributed by atoms with E-state index in [9.17, 15) is 14.4 Å². The molecule has 0 aliphatic carbocycles. The van der Waals surface area contributed by atoms with Crippen molar-refractivity contribution in [2.45, 2.75) is 32.9 Å². The summed E-state index contributed by atoms with van der Waals surface area (Å²) in [6, 6.07) is 4.53. The van der Waals surface area contributed by atoms with Crippen LogP contribution in [0.15, 0.2) is 30.4 Å². The molecule has 0 aliphatic rings. The van der Waals surface area contributed by atoms with E-state index in [4.69, 9.17) is 27.9 Å². The van der Waals surface area contributed by atoms with E-state index in [-0.39, 0.29) is 6.61 Å². The van der Waals surface area contributed by atoms with E-state index in [0.717, 1.165) is 12.2 Å². The number of esters is 2. The Morgan fingerprint density at radius 3 is 2.40 bits per heavy atom. The molecule has 25 heavy (non-hydrogen) atoms. The number of hydrogen-bond acceptors (Lipinski definition) is 5. The zero-order valence-electron chi connectivity index (χ0n) is 14.0. The molecule has 0 spiro atoms. The highest BCUT2D eigenvalue weighted by molar-refractivity contribution is 6.35. The second-order valence-electron chi connectivity index (χ2n) is 5.06. The second kappa shape index (κ2) is 10.1. The van der Waals surface area contributed by atoms with Crippen molar-refractivity contribution in [3.63, 3.8) is 0 Å². The molecule has 1 N–H and O–H groups in total. The van der Waals surface area contributed by atoms with Gasteiger partial charge in [-0.25, -0.2) is 9.59 Å². The van der Waals surface area contributed by atoms with E-state index >= 15 is 0 Å². The number of carbonyl (C=O) groups is 3. The smallest absolute Gasteiger partial charge is 0.331 e. The van der Waals surface area contributed by atoms with Crippen molar-refractivity contribution < 1.29 is 23.9 Å². The quantitative estimate of drug-likeness (QED) is 0.573. The first kappa shape index (κ1) is 21.0. The molecule has 2 atom stereocenters. The third-order valence-electron chi connectivity index (χ3n) is 3.09. The number of rotatable bonds is 7. The second-order valence-corrected chi connectivity index (χ2v) is 5.90. The number of halogens is 2. The number of ether oxygens (including phenoxy) is 2. The summed E-state index contributed by atoms with van der Waals surface area (Å²) in [7, 11) is 0. The Morgan fingerprint density at radius 2 is 1.80 bits per heavy atom.